The van der Waals surface area contributed by atoms with Crippen molar-refractivity contribution >= 4 is 18.6 Å². The van der Waals surface area contributed by atoms with Gasteiger partial charge in [0.1, 0.15) is 5.75 Å². The Bertz CT molecular complexity index is 730. The van der Waals surface area contributed by atoms with Gasteiger partial charge in [0.2, 0.25) is 0 Å². The SMILES string of the molecule is CCCCNCc1ccc2c(c1)OB(c1ccc(CC)cc1)OC2=O. The van der Waals surface area contributed by atoms with Crippen molar-refractivity contribution in [3.05, 3.63) is 59.2 Å². The molecule has 1 N–H and O–H groups in total. The van der Waals surface area contributed by atoms with Crippen LogP contribution in [0.4, 0.5) is 0 Å². The minimum Gasteiger partial charge on any atom is -0.521 e. The van der Waals surface area contributed by atoms with Crippen molar-refractivity contribution in [2.75, 3.05) is 6.54 Å². The molecular formula is C20H24BNO3. The van der Waals surface area contributed by atoms with Gasteiger partial charge in [-0.15, -0.1) is 0 Å². The van der Waals surface area contributed by atoms with Crippen LogP contribution in [0.2, 0.25) is 0 Å². The van der Waals surface area contributed by atoms with Crippen LogP contribution in [0.1, 0.15) is 48.2 Å². The van der Waals surface area contributed by atoms with Gasteiger partial charge in [-0.3, -0.25) is 0 Å². The summed E-state index contributed by atoms with van der Waals surface area (Å²) in [5, 5.41) is 3.40. The molecule has 0 unspecified atom stereocenters. The zero-order chi connectivity index (χ0) is 17.6. The van der Waals surface area contributed by atoms with E-state index >= 15 is 0 Å². The van der Waals surface area contributed by atoms with Gasteiger partial charge in [0, 0.05) is 12.0 Å². The normalized spacial score (nSPS) is 13.2. The van der Waals surface area contributed by atoms with Crippen LogP contribution in [-0.4, -0.2) is 19.6 Å². The molecule has 0 amide bonds. The number of fused-ring (bicyclic) bond motifs is 1. The Morgan fingerprint density at radius 1 is 1.00 bits per heavy atom. The first-order valence-corrected chi connectivity index (χ1v) is 9.01. The number of benzene rings is 2. The number of hydrogen-bond acceptors (Lipinski definition) is 4. The zero-order valence-corrected chi connectivity index (χ0v) is 14.9. The fourth-order valence-electron chi connectivity index (χ4n) is 2.82. The maximum absolute atomic E-state index is 12.3. The average Bonchev–Trinajstić information content (AvgIpc) is 2.65. The predicted octanol–water partition coefficient (Wildman–Crippen LogP) is 3.08. The Hall–Kier alpha value is -2.27. The van der Waals surface area contributed by atoms with Crippen LogP contribution in [0.25, 0.3) is 0 Å². The second-order valence-corrected chi connectivity index (χ2v) is 6.31. The zero-order valence-electron chi connectivity index (χ0n) is 14.9. The lowest BCUT2D eigenvalue weighted by Gasteiger charge is -2.23. The van der Waals surface area contributed by atoms with Crippen molar-refractivity contribution in [1.29, 1.82) is 0 Å². The summed E-state index contributed by atoms with van der Waals surface area (Å²) >= 11 is 0. The average molecular weight is 337 g/mol. The largest absolute Gasteiger partial charge is 0.634 e. The van der Waals surface area contributed by atoms with E-state index in [-0.39, 0.29) is 5.97 Å². The highest BCUT2D eigenvalue weighted by Crippen LogP contribution is 2.26. The molecule has 0 fully saturated rings. The van der Waals surface area contributed by atoms with Crippen LogP contribution in [0.5, 0.6) is 5.75 Å². The maximum atomic E-state index is 12.3. The molecule has 0 spiro atoms. The first kappa shape index (κ1) is 17.6. The highest BCUT2D eigenvalue weighted by atomic mass is 16.6. The van der Waals surface area contributed by atoms with Crippen molar-refractivity contribution in [3.63, 3.8) is 0 Å². The van der Waals surface area contributed by atoms with E-state index in [0.717, 1.165) is 37.0 Å². The Morgan fingerprint density at radius 2 is 1.76 bits per heavy atom. The van der Waals surface area contributed by atoms with E-state index in [2.05, 4.69) is 19.2 Å². The van der Waals surface area contributed by atoms with E-state index in [4.69, 9.17) is 9.31 Å². The molecule has 1 aliphatic heterocycles. The molecule has 0 radical (unpaired) electrons. The quantitative estimate of drug-likeness (QED) is 0.623. The lowest BCUT2D eigenvalue weighted by molar-refractivity contribution is 0.0687. The van der Waals surface area contributed by atoms with Gasteiger partial charge in [0.15, 0.2) is 0 Å². The maximum Gasteiger partial charge on any atom is 0.634 e. The molecule has 0 bridgehead atoms. The topological polar surface area (TPSA) is 47.6 Å². The molecule has 0 aliphatic carbocycles. The molecule has 0 saturated heterocycles. The fourth-order valence-corrected chi connectivity index (χ4v) is 2.82. The van der Waals surface area contributed by atoms with Gasteiger partial charge in [-0.25, -0.2) is 4.79 Å². The molecule has 4 nitrogen and oxygen atoms in total. The van der Waals surface area contributed by atoms with Crippen molar-refractivity contribution in [2.24, 2.45) is 0 Å². The van der Waals surface area contributed by atoms with E-state index in [1.807, 2.05) is 36.4 Å². The predicted molar refractivity (Wildman–Crippen MR) is 100 cm³/mol. The summed E-state index contributed by atoms with van der Waals surface area (Å²) in [5.74, 6) is 0.256. The first-order valence-electron chi connectivity index (χ1n) is 9.01. The molecule has 5 heteroatoms. The minimum absolute atomic E-state index is 0.337. The second-order valence-electron chi connectivity index (χ2n) is 6.31. The van der Waals surface area contributed by atoms with Crippen LogP contribution in [0, 0.1) is 0 Å². The lowest BCUT2D eigenvalue weighted by Crippen LogP contribution is -2.44. The third kappa shape index (κ3) is 4.23. The van der Waals surface area contributed by atoms with Gasteiger partial charge in [0.05, 0.1) is 5.56 Å². The van der Waals surface area contributed by atoms with Crippen LogP contribution in [0.15, 0.2) is 42.5 Å². The number of aryl methyl sites for hydroxylation is 1. The van der Waals surface area contributed by atoms with Crippen molar-refractivity contribution in [3.8, 4) is 5.75 Å². The third-order valence-corrected chi connectivity index (χ3v) is 4.41. The van der Waals surface area contributed by atoms with Crippen molar-refractivity contribution < 1.29 is 14.1 Å². The van der Waals surface area contributed by atoms with Gasteiger partial charge >= 0.3 is 13.1 Å². The fraction of sp³-hybridized carbons (Fsp3) is 0.350. The minimum atomic E-state index is -0.686. The van der Waals surface area contributed by atoms with Gasteiger partial charge < -0.3 is 14.6 Å². The van der Waals surface area contributed by atoms with E-state index in [1.54, 1.807) is 6.07 Å². The molecule has 1 aliphatic rings. The molecule has 0 saturated carbocycles. The monoisotopic (exact) mass is 337 g/mol. The van der Waals surface area contributed by atoms with E-state index in [1.165, 1.54) is 12.0 Å². The highest BCUT2D eigenvalue weighted by molar-refractivity contribution is 6.64. The van der Waals surface area contributed by atoms with Crippen LogP contribution >= 0.6 is 0 Å². The smallest absolute Gasteiger partial charge is 0.521 e. The summed E-state index contributed by atoms with van der Waals surface area (Å²) in [6, 6.07) is 13.6. The van der Waals surface area contributed by atoms with Gasteiger partial charge in [0.25, 0.3) is 0 Å². The number of hydrogen-bond donors (Lipinski definition) is 1. The van der Waals surface area contributed by atoms with Crippen LogP contribution < -0.4 is 15.4 Å². The Labute approximate surface area is 149 Å². The molecule has 25 heavy (non-hydrogen) atoms. The number of unbranched alkanes of at least 4 members (excludes halogenated alkanes) is 1. The first-order chi connectivity index (χ1) is 12.2. The highest BCUT2D eigenvalue weighted by Gasteiger charge is 2.35. The van der Waals surface area contributed by atoms with Crippen LogP contribution in [0.3, 0.4) is 0 Å². The van der Waals surface area contributed by atoms with Crippen molar-refractivity contribution in [2.45, 2.75) is 39.7 Å². The standard InChI is InChI=1S/C20H24BNO3/c1-3-5-12-22-14-16-8-11-18-19(13-16)24-21(25-20(18)23)17-9-6-15(4-2)7-10-17/h6-11,13,22H,3-5,12,14H2,1-2H3. The lowest BCUT2D eigenvalue weighted by atomic mass is 9.77. The molecule has 3 rings (SSSR count). The number of nitrogens with one attached hydrogen (secondary N) is 1. The summed E-state index contributed by atoms with van der Waals surface area (Å²) < 4.78 is 11.4. The summed E-state index contributed by atoms with van der Waals surface area (Å²) in [6.45, 7) is 6.04. The Kier molecular flexibility index (Phi) is 5.77. The van der Waals surface area contributed by atoms with Gasteiger partial charge in [-0.1, -0.05) is 50.6 Å². The van der Waals surface area contributed by atoms with Crippen molar-refractivity contribution in [1.82, 2.24) is 5.32 Å². The Morgan fingerprint density at radius 3 is 2.48 bits per heavy atom. The second kappa shape index (κ2) is 8.21. The van der Waals surface area contributed by atoms with E-state index in [0.29, 0.717) is 11.3 Å². The molecule has 2 aromatic rings. The molecular weight excluding hydrogens is 313 g/mol. The molecule has 130 valence electrons. The van der Waals surface area contributed by atoms with E-state index in [9.17, 15) is 4.79 Å². The summed E-state index contributed by atoms with van der Waals surface area (Å²) in [4.78, 5) is 12.3. The number of carbonyl (C=O) groups excluding carboxylic acids is 1. The van der Waals surface area contributed by atoms with Gasteiger partial charge in [-0.05, 0) is 42.6 Å². The number of rotatable bonds is 7. The summed E-state index contributed by atoms with van der Waals surface area (Å²) in [6.07, 6.45) is 3.30. The third-order valence-electron chi connectivity index (χ3n) is 4.41. The molecule has 1 heterocycles. The van der Waals surface area contributed by atoms with Gasteiger partial charge in [-0.2, -0.15) is 0 Å². The number of carbonyl (C=O) groups is 1. The molecule has 0 aromatic heterocycles. The van der Waals surface area contributed by atoms with Crippen LogP contribution in [-0.2, 0) is 17.6 Å². The Balaban J connectivity index is 1.74. The molecule has 2 aromatic carbocycles. The van der Waals surface area contributed by atoms with E-state index < -0.39 is 7.12 Å². The molecule has 0 atom stereocenters. The summed E-state index contributed by atoms with van der Waals surface area (Å²) in [7, 11) is -0.686. The summed E-state index contributed by atoms with van der Waals surface area (Å²) in [5.41, 5.74) is 3.68.